The van der Waals surface area contributed by atoms with Gasteiger partial charge in [-0.25, -0.2) is 4.98 Å². The van der Waals surface area contributed by atoms with Gasteiger partial charge in [0.15, 0.2) is 0 Å². The van der Waals surface area contributed by atoms with Gasteiger partial charge in [-0.1, -0.05) is 25.0 Å². The Balaban J connectivity index is 1.38. The molecule has 8 nitrogen and oxygen atoms in total. The number of aromatic nitrogens is 1. The predicted octanol–water partition coefficient (Wildman–Crippen LogP) is 2.91. The Hall–Kier alpha value is -2.01. The van der Waals surface area contributed by atoms with Gasteiger partial charge in [-0.2, -0.15) is 17.0 Å². The van der Waals surface area contributed by atoms with E-state index >= 15 is 0 Å². The van der Waals surface area contributed by atoms with Gasteiger partial charge in [0, 0.05) is 44.6 Å². The van der Waals surface area contributed by atoms with Crippen LogP contribution in [0.4, 0.5) is 0 Å². The number of thiazole rings is 1. The van der Waals surface area contributed by atoms with Gasteiger partial charge in [-0.3, -0.25) is 4.79 Å². The van der Waals surface area contributed by atoms with Gasteiger partial charge in [0.25, 0.3) is 16.1 Å². The number of nitrogens with zero attached hydrogens (tertiary/aromatic N) is 4. The minimum atomic E-state index is -3.47. The van der Waals surface area contributed by atoms with E-state index in [1.165, 1.54) is 4.31 Å². The third-order valence-corrected chi connectivity index (χ3v) is 8.76. The highest BCUT2D eigenvalue weighted by Gasteiger charge is 2.34. The molecule has 1 aromatic heterocycles. The monoisotopic (exact) mass is 478 g/mol. The maximum atomic E-state index is 13.2. The molecule has 2 saturated heterocycles. The van der Waals surface area contributed by atoms with E-state index in [1.807, 2.05) is 24.4 Å². The number of para-hydroxylation sites is 1. The number of rotatable bonds is 6. The fourth-order valence-electron chi connectivity index (χ4n) is 4.12. The number of carbonyl (C=O) groups excluding carboxylic acids is 1. The van der Waals surface area contributed by atoms with Crippen LogP contribution in [0.2, 0.25) is 0 Å². The number of benzene rings is 1. The zero-order valence-electron chi connectivity index (χ0n) is 18.4. The molecule has 1 amide bonds. The summed E-state index contributed by atoms with van der Waals surface area (Å²) in [6, 6.07) is 7.19. The summed E-state index contributed by atoms with van der Waals surface area (Å²) in [5, 5.41) is 2.92. The summed E-state index contributed by atoms with van der Waals surface area (Å²) in [4.78, 5) is 19.3. The highest BCUT2D eigenvalue weighted by molar-refractivity contribution is 7.86. The fraction of sp³-hybridized carbons (Fsp3) is 0.545. The van der Waals surface area contributed by atoms with E-state index in [9.17, 15) is 13.2 Å². The quantitative estimate of drug-likeness (QED) is 0.638. The van der Waals surface area contributed by atoms with Crippen LogP contribution in [0, 0.1) is 6.92 Å². The van der Waals surface area contributed by atoms with Crippen molar-refractivity contribution in [3.8, 4) is 5.75 Å². The Labute approximate surface area is 194 Å². The van der Waals surface area contributed by atoms with E-state index in [-0.39, 0.29) is 5.91 Å². The van der Waals surface area contributed by atoms with Crippen LogP contribution in [0.5, 0.6) is 5.75 Å². The number of hydrogen-bond acceptors (Lipinski definition) is 6. The lowest BCUT2D eigenvalue weighted by Gasteiger charge is -2.36. The van der Waals surface area contributed by atoms with Crippen LogP contribution in [0.3, 0.4) is 0 Å². The van der Waals surface area contributed by atoms with Crippen LogP contribution in [0.15, 0.2) is 29.6 Å². The van der Waals surface area contributed by atoms with Crippen molar-refractivity contribution in [3.05, 3.63) is 45.9 Å². The summed E-state index contributed by atoms with van der Waals surface area (Å²) < 4.78 is 35.1. The molecule has 0 saturated carbocycles. The minimum Gasteiger partial charge on any atom is -0.486 e. The molecule has 3 heterocycles. The molecule has 0 spiro atoms. The van der Waals surface area contributed by atoms with Crippen molar-refractivity contribution in [3.63, 3.8) is 0 Å². The highest BCUT2D eigenvalue weighted by Crippen LogP contribution is 2.23. The summed E-state index contributed by atoms with van der Waals surface area (Å²) in [7, 11) is -3.47. The molecule has 0 atom stereocenters. The molecule has 4 rings (SSSR count). The molecule has 2 aliphatic heterocycles. The number of aryl methyl sites for hydroxylation is 1. The van der Waals surface area contributed by atoms with Crippen LogP contribution in [-0.4, -0.2) is 72.1 Å². The first-order valence-electron chi connectivity index (χ1n) is 11.1. The third kappa shape index (κ3) is 5.31. The topological polar surface area (TPSA) is 83.0 Å². The molecule has 2 aromatic rings. The summed E-state index contributed by atoms with van der Waals surface area (Å²) in [5.74, 6) is 0.379. The van der Waals surface area contributed by atoms with Crippen molar-refractivity contribution in [1.82, 2.24) is 18.5 Å². The second kappa shape index (κ2) is 10.3. The fourth-order valence-corrected chi connectivity index (χ4v) is 6.39. The Morgan fingerprint density at radius 3 is 2.31 bits per heavy atom. The van der Waals surface area contributed by atoms with E-state index < -0.39 is 10.2 Å². The van der Waals surface area contributed by atoms with Gasteiger partial charge in [-0.05, 0) is 31.9 Å². The van der Waals surface area contributed by atoms with E-state index in [2.05, 4.69) is 4.98 Å². The van der Waals surface area contributed by atoms with Gasteiger partial charge in [0.05, 0.1) is 16.3 Å². The zero-order valence-corrected chi connectivity index (χ0v) is 20.0. The Morgan fingerprint density at radius 1 is 1.00 bits per heavy atom. The van der Waals surface area contributed by atoms with Crippen molar-refractivity contribution in [1.29, 1.82) is 0 Å². The van der Waals surface area contributed by atoms with E-state index in [0.717, 1.165) is 36.4 Å². The molecule has 0 bridgehead atoms. The molecule has 0 unspecified atom stereocenters. The average Bonchev–Trinajstić information content (AvgIpc) is 3.04. The average molecular weight is 479 g/mol. The molecule has 1 aromatic carbocycles. The molecular formula is C22H30N4O4S2. The van der Waals surface area contributed by atoms with Crippen LogP contribution < -0.4 is 4.74 Å². The van der Waals surface area contributed by atoms with Crippen molar-refractivity contribution < 1.29 is 17.9 Å². The molecule has 0 aliphatic carbocycles. The van der Waals surface area contributed by atoms with Gasteiger partial charge >= 0.3 is 0 Å². The van der Waals surface area contributed by atoms with Crippen molar-refractivity contribution in [2.45, 2.75) is 39.2 Å². The summed E-state index contributed by atoms with van der Waals surface area (Å²) in [5.41, 5.74) is 1.32. The van der Waals surface area contributed by atoms with E-state index in [1.54, 1.807) is 32.7 Å². The number of piperazine rings is 1. The smallest absolute Gasteiger partial charge is 0.282 e. The van der Waals surface area contributed by atoms with E-state index in [4.69, 9.17) is 4.74 Å². The first-order chi connectivity index (χ1) is 15.4. The lowest BCUT2D eigenvalue weighted by molar-refractivity contribution is 0.0689. The molecule has 2 aliphatic rings. The van der Waals surface area contributed by atoms with Crippen molar-refractivity contribution in [2.24, 2.45) is 0 Å². The minimum absolute atomic E-state index is 0.137. The largest absolute Gasteiger partial charge is 0.486 e. The van der Waals surface area contributed by atoms with Gasteiger partial charge in [-0.15, -0.1) is 11.3 Å². The van der Waals surface area contributed by atoms with Crippen LogP contribution in [0.1, 0.15) is 46.7 Å². The summed E-state index contributed by atoms with van der Waals surface area (Å²) in [6.07, 6.45) is 3.99. The van der Waals surface area contributed by atoms with Gasteiger partial charge in [0.2, 0.25) is 0 Å². The van der Waals surface area contributed by atoms with Gasteiger partial charge < -0.3 is 9.64 Å². The number of ether oxygens (including phenoxy) is 1. The molecule has 10 heteroatoms. The standard InChI is InChI=1S/C22H30N4O4S2/c1-18-23-19(17-31-18)16-30-21-9-5-4-8-20(21)22(27)24-12-14-26(15-13-24)32(28,29)25-10-6-2-3-7-11-25/h4-5,8-9,17H,2-3,6-7,10-16H2,1H3. The molecule has 0 N–H and O–H groups in total. The van der Waals surface area contributed by atoms with E-state index in [0.29, 0.717) is 57.2 Å². The zero-order chi connectivity index (χ0) is 22.6. The van der Waals surface area contributed by atoms with Crippen molar-refractivity contribution in [2.75, 3.05) is 39.3 Å². The number of carbonyl (C=O) groups is 1. The Kier molecular flexibility index (Phi) is 7.44. The second-order valence-corrected chi connectivity index (χ2v) is 11.1. The third-order valence-electron chi connectivity index (χ3n) is 5.90. The SMILES string of the molecule is Cc1nc(COc2ccccc2C(=O)N2CCN(S(=O)(=O)N3CCCCCC3)CC2)cs1. The van der Waals surface area contributed by atoms with Gasteiger partial charge in [0.1, 0.15) is 12.4 Å². The normalized spacial score (nSPS) is 19.0. The number of amides is 1. The maximum absolute atomic E-state index is 13.2. The molecule has 174 valence electrons. The molecule has 32 heavy (non-hydrogen) atoms. The maximum Gasteiger partial charge on any atom is 0.282 e. The Bertz CT molecular complexity index is 1020. The van der Waals surface area contributed by atoms with Crippen molar-refractivity contribution >= 4 is 27.5 Å². The first kappa shape index (κ1) is 23.2. The Morgan fingerprint density at radius 2 is 1.66 bits per heavy atom. The predicted molar refractivity (Wildman–Crippen MR) is 124 cm³/mol. The highest BCUT2D eigenvalue weighted by atomic mass is 32.2. The molecule has 2 fully saturated rings. The molecular weight excluding hydrogens is 448 g/mol. The van der Waals surface area contributed by atoms with Crippen LogP contribution in [0.25, 0.3) is 0 Å². The lowest BCUT2D eigenvalue weighted by atomic mass is 10.1. The number of hydrogen-bond donors (Lipinski definition) is 0. The molecule has 0 radical (unpaired) electrons. The second-order valence-electron chi connectivity index (χ2n) is 8.15. The summed E-state index contributed by atoms with van der Waals surface area (Å²) >= 11 is 1.56. The lowest BCUT2D eigenvalue weighted by Crippen LogP contribution is -2.54. The van der Waals surface area contributed by atoms with Crippen LogP contribution >= 0.6 is 11.3 Å². The van der Waals surface area contributed by atoms with Crippen LogP contribution in [-0.2, 0) is 16.8 Å². The summed E-state index contributed by atoms with van der Waals surface area (Å²) in [6.45, 7) is 4.78. The first-order valence-corrected chi connectivity index (χ1v) is 13.4.